The average molecular weight is 256 g/mol. The number of H-pyrrole nitrogens is 1. The summed E-state index contributed by atoms with van der Waals surface area (Å²) in [5, 5.41) is 3.06. The van der Waals surface area contributed by atoms with E-state index < -0.39 is 0 Å². The minimum Gasteiger partial charge on any atom is -0.381 e. The van der Waals surface area contributed by atoms with Crippen LogP contribution in [0.1, 0.15) is 23.2 Å². The molecule has 98 valence electrons. The number of carbonyl (C=O) groups is 1. The monoisotopic (exact) mass is 256 g/mol. The van der Waals surface area contributed by atoms with E-state index in [1.165, 1.54) is 17.0 Å². The molecule has 0 unspecified atom stereocenters. The van der Waals surface area contributed by atoms with Crippen LogP contribution in [0.15, 0.2) is 18.2 Å². The Labute approximate surface area is 111 Å². The first kappa shape index (κ1) is 11.1. The van der Waals surface area contributed by atoms with Crippen LogP contribution in [0.25, 0.3) is 22.5 Å². The van der Waals surface area contributed by atoms with Crippen LogP contribution in [0.2, 0.25) is 0 Å². The quantitative estimate of drug-likeness (QED) is 0.755. The lowest BCUT2D eigenvalue weighted by molar-refractivity contribution is 0.0643. The van der Waals surface area contributed by atoms with Crippen molar-refractivity contribution in [2.75, 3.05) is 19.8 Å². The zero-order chi connectivity index (χ0) is 12.8. The molecule has 1 saturated heterocycles. The molecule has 4 heteroatoms. The van der Waals surface area contributed by atoms with Crippen LogP contribution in [0.5, 0.6) is 0 Å². The third kappa shape index (κ3) is 1.83. The molecule has 2 aliphatic carbocycles. The number of fused-ring (bicyclic) bond motifs is 3. The molecular formula is C15H16N2O2. The van der Waals surface area contributed by atoms with E-state index in [1.807, 2.05) is 12.1 Å². The number of nitrogens with one attached hydrogen (secondary N) is 2. The summed E-state index contributed by atoms with van der Waals surface area (Å²) in [6.07, 6.45) is 2.09. The molecule has 2 heterocycles. The highest BCUT2D eigenvalue weighted by atomic mass is 16.5. The van der Waals surface area contributed by atoms with Crippen molar-refractivity contribution >= 4 is 5.91 Å². The molecule has 0 saturated carbocycles. The van der Waals surface area contributed by atoms with Gasteiger partial charge in [-0.05, 0) is 36.5 Å². The first-order chi connectivity index (χ1) is 9.33. The number of aromatic nitrogens is 1. The van der Waals surface area contributed by atoms with Crippen LogP contribution < -0.4 is 5.32 Å². The largest absolute Gasteiger partial charge is 0.381 e. The Balaban J connectivity index is 1.43. The molecule has 2 N–H and O–H groups in total. The molecule has 0 aromatic heterocycles. The summed E-state index contributed by atoms with van der Waals surface area (Å²) in [5.41, 5.74) is 5.41. The molecule has 2 aliphatic heterocycles. The summed E-state index contributed by atoms with van der Waals surface area (Å²) in [5.74, 6) is 0.606. The van der Waals surface area contributed by atoms with Crippen LogP contribution in [0.3, 0.4) is 0 Å². The van der Waals surface area contributed by atoms with Crippen LogP contribution in [0.4, 0.5) is 0 Å². The predicted octanol–water partition coefficient (Wildman–Crippen LogP) is 2.26. The SMILES string of the molecule is O=C(NCC1CCOCC1)c1ccc2c3[nH]c-3cc1-2. The van der Waals surface area contributed by atoms with Gasteiger partial charge in [0.2, 0.25) is 0 Å². The second kappa shape index (κ2) is 4.10. The van der Waals surface area contributed by atoms with Crippen molar-refractivity contribution in [2.45, 2.75) is 12.8 Å². The molecule has 19 heavy (non-hydrogen) atoms. The van der Waals surface area contributed by atoms with Crippen LogP contribution in [0, 0.1) is 5.92 Å². The maximum absolute atomic E-state index is 12.2. The highest BCUT2D eigenvalue weighted by Crippen LogP contribution is 2.45. The minimum atomic E-state index is 0.0477. The van der Waals surface area contributed by atoms with Gasteiger partial charge in [0.05, 0.1) is 11.4 Å². The molecule has 0 aromatic rings. The van der Waals surface area contributed by atoms with Gasteiger partial charge >= 0.3 is 0 Å². The summed E-state index contributed by atoms with van der Waals surface area (Å²) in [4.78, 5) is 15.4. The Hall–Kier alpha value is -1.81. The maximum Gasteiger partial charge on any atom is 0.251 e. The molecular weight excluding hydrogens is 240 g/mol. The average Bonchev–Trinajstić information content (AvgIpc) is 2.93. The van der Waals surface area contributed by atoms with Gasteiger partial charge in [-0.25, -0.2) is 0 Å². The first-order valence-electron chi connectivity index (χ1n) is 6.85. The topological polar surface area (TPSA) is 54.1 Å². The Morgan fingerprint density at radius 3 is 3.00 bits per heavy atom. The molecule has 0 atom stereocenters. The Morgan fingerprint density at radius 2 is 2.16 bits per heavy atom. The predicted molar refractivity (Wildman–Crippen MR) is 72.3 cm³/mol. The highest BCUT2D eigenvalue weighted by Gasteiger charge is 2.28. The van der Waals surface area contributed by atoms with Gasteiger partial charge in [-0.15, -0.1) is 0 Å². The zero-order valence-electron chi connectivity index (χ0n) is 10.7. The number of amides is 1. The van der Waals surface area contributed by atoms with Gasteiger partial charge in [-0.1, -0.05) is 6.07 Å². The van der Waals surface area contributed by atoms with Gasteiger partial charge in [0.25, 0.3) is 5.91 Å². The van der Waals surface area contributed by atoms with E-state index in [0.717, 1.165) is 43.7 Å². The molecule has 4 aliphatic rings. The van der Waals surface area contributed by atoms with E-state index >= 15 is 0 Å². The molecule has 0 bridgehead atoms. The number of aromatic amines is 1. The van der Waals surface area contributed by atoms with E-state index in [1.54, 1.807) is 0 Å². The van der Waals surface area contributed by atoms with Gasteiger partial charge < -0.3 is 15.0 Å². The lowest BCUT2D eigenvalue weighted by Gasteiger charge is -2.22. The van der Waals surface area contributed by atoms with Crippen LogP contribution in [-0.4, -0.2) is 30.6 Å². The van der Waals surface area contributed by atoms with E-state index in [-0.39, 0.29) is 5.91 Å². The summed E-state index contributed by atoms with van der Waals surface area (Å²) in [6, 6.07) is 6.01. The van der Waals surface area contributed by atoms with Gasteiger partial charge in [-0.3, -0.25) is 4.79 Å². The van der Waals surface area contributed by atoms with Crippen molar-refractivity contribution in [3.05, 3.63) is 23.8 Å². The van der Waals surface area contributed by atoms with E-state index in [4.69, 9.17) is 4.74 Å². The van der Waals surface area contributed by atoms with Crippen molar-refractivity contribution in [3.8, 4) is 22.5 Å². The Morgan fingerprint density at radius 1 is 1.32 bits per heavy atom. The third-order valence-electron chi connectivity index (χ3n) is 4.16. The standard InChI is InChI=1S/C15H16N2O2/c18-15(16-8-9-3-5-19-6-4-9)11-2-1-10-12(11)7-13-14(10)17-13/h1-2,7,9,17H,3-6,8H2,(H,16,18). The van der Waals surface area contributed by atoms with E-state index in [2.05, 4.69) is 16.4 Å². The number of pyridine rings is 1. The smallest absolute Gasteiger partial charge is 0.251 e. The number of rotatable bonds is 3. The molecule has 1 fully saturated rings. The summed E-state index contributed by atoms with van der Waals surface area (Å²) in [6.45, 7) is 2.40. The molecule has 1 amide bonds. The molecule has 4 rings (SSSR count). The zero-order valence-corrected chi connectivity index (χ0v) is 10.7. The van der Waals surface area contributed by atoms with Crippen molar-refractivity contribution in [3.63, 3.8) is 0 Å². The lowest BCUT2D eigenvalue weighted by atomic mass is 10.0. The Bertz CT molecular complexity index is 611. The second-order valence-electron chi connectivity index (χ2n) is 5.40. The van der Waals surface area contributed by atoms with E-state index in [0.29, 0.717) is 5.92 Å². The van der Waals surface area contributed by atoms with Crippen molar-refractivity contribution in [1.29, 1.82) is 0 Å². The van der Waals surface area contributed by atoms with E-state index in [9.17, 15) is 4.79 Å². The minimum absolute atomic E-state index is 0.0477. The van der Waals surface area contributed by atoms with Gasteiger partial charge in [0, 0.05) is 30.9 Å². The maximum atomic E-state index is 12.2. The molecule has 0 radical (unpaired) electrons. The van der Waals surface area contributed by atoms with Gasteiger partial charge in [0.1, 0.15) is 0 Å². The van der Waals surface area contributed by atoms with Gasteiger partial charge in [0.15, 0.2) is 0 Å². The fraction of sp³-hybridized carbons (Fsp3) is 0.400. The summed E-state index contributed by atoms with van der Waals surface area (Å²) >= 11 is 0. The molecule has 0 spiro atoms. The summed E-state index contributed by atoms with van der Waals surface area (Å²) < 4.78 is 5.33. The molecule has 0 aromatic carbocycles. The summed E-state index contributed by atoms with van der Waals surface area (Å²) in [7, 11) is 0. The number of carbonyl (C=O) groups excluding carboxylic acids is 1. The Kier molecular flexibility index (Phi) is 2.38. The normalized spacial score (nSPS) is 17.7. The number of hydrogen-bond acceptors (Lipinski definition) is 2. The van der Waals surface area contributed by atoms with Crippen molar-refractivity contribution in [2.24, 2.45) is 5.92 Å². The fourth-order valence-electron chi connectivity index (χ4n) is 2.91. The van der Waals surface area contributed by atoms with Crippen LogP contribution >= 0.6 is 0 Å². The number of ether oxygens (including phenoxy) is 1. The highest BCUT2D eigenvalue weighted by molar-refractivity contribution is 6.07. The second-order valence-corrected chi connectivity index (χ2v) is 5.40. The lowest BCUT2D eigenvalue weighted by Crippen LogP contribution is -2.32. The first-order valence-corrected chi connectivity index (χ1v) is 6.85. The van der Waals surface area contributed by atoms with Gasteiger partial charge in [-0.2, -0.15) is 0 Å². The number of hydrogen-bond donors (Lipinski definition) is 2. The van der Waals surface area contributed by atoms with Crippen molar-refractivity contribution in [1.82, 2.24) is 10.3 Å². The van der Waals surface area contributed by atoms with Crippen LogP contribution in [-0.2, 0) is 4.74 Å². The third-order valence-corrected chi connectivity index (χ3v) is 4.16. The fourth-order valence-corrected chi connectivity index (χ4v) is 2.91. The molecule has 4 nitrogen and oxygen atoms in total. The van der Waals surface area contributed by atoms with Crippen molar-refractivity contribution < 1.29 is 9.53 Å².